The van der Waals surface area contributed by atoms with Gasteiger partial charge in [-0.1, -0.05) is 18.2 Å². The average molecular weight is 392 g/mol. The van der Waals surface area contributed by atoms with Crippen LogP contribution in [0.15, 0.2) is 48.5 Å². The van der Waals surface area contributed by atoms with E-state index in [-0.39, 0.29) is 18.9 Å². The minimum Gasteiger partial charge on any atom is -0.497 e. The van der Waals surface area contributed by atoms with Gasteiger partial charge < -0.3 is 14.4 Å². The molecular formula is C19H24N2O5S. The predicted octanol–water partition coefficient (Wildman–Crippen LogP) is 2.52. The molecule has 0 aliphatic rings. The first-order valence-electron chi connectivity index (χ1n) is 8.29. The smallest absolute Gasteiger partial charge is 0.232 e. The van der Waals surface area contributed by atoms with Gasteiger partial charge in [0.1, 0.15) is 11.5 Å². The Kier molecular flexibility index (Phi) is 6.68. The lowest BCUT2D eigenvalue weighted by Gasteiger charge is -2.25. The van der Waals surface area contributed by atoms with Crippen LogP contribution < -0.4 is 18.7 Å². The molecule has 0 aliphatic carbocycles. The standard InChI is InChI=1S/C19H24N2O5S/c1-20(15-8-6-5-7-9-15)19(22)12-13-21(27(4,23)24)17-11-10-16(25-2)14-18(17)26-3/h5-11,14H,12-13H2,1-4H3. The molecule has 2 aromatic rings. The summed E-state index contributed by atoms with van der Waals surface area (Å²) in [5.74, 6) is 0.704. The molecule has 0 radical (unpaired) electrons. The topological polar surface area (TPSA) is 76.2 Å². The van der Waals surface area contributed by atoms with Gasteiger partial charge in [-0.05, 0) is 24.3 Å². The van der Waals surface area contributed by atoms with Gasteiger partial charge in [-0.3, -0.25) is 9.10 Å². The zero-order valence-electron chi connectivity index (χ0n) is 15.9. The van der Waals surface area contributed by atoms with Crippen molar-refractivity contribution in [3.05, 3.63) is 48.5 Å². The first kappa shape index (κ1) is 20.6. The third kappa shape index (κ3) is 5.13. The van der Waals surface area contributed by atoms with Crippen molar-refractivity contribution in [1.82, 2.24) is 0 Å². The summed E-state index contributed by atoms with van der Waals surface area (Å²) in [6.45, 7) is -0.00245. The van der Waals surface area contributed by atoms with E-state index in [2.05, 4.69) is 0 Å². The zero-order chi connectivity index (χ0) is 20.0. The number of nitrogens with zero attached hydrogens (tertiary/aromatic N) is 2. The van der Waals surface area contributed by atoms with Crippen molar-refractivity contribution in [2.24, 2.45) is 0 Å². The highest BCUT2D eigenvalue weighted by Crippen LogP contribution is 2.33. The summed E-state index contributed by atoms with van der Waals surface area (Å²) in [6.07, 6.45) is 1.12. The summed E-state index contributed by atoms with van der Waals surface area (Å²) < 4.78 is 36.3. The molecule has 8 heteroatoms. The molecule has 2 rings (SSSR count). The lowest BCUT2D eigenvalue weighted by Crippen LogP contribution is -2.35. The Hall–Kier alpha value is -2.74. The van der Waals surface area contributed by atoms with Crippen molar-refractivity contribution in [3.8, 4) is 11.5 Å². The zero-order valence-corrected chi connectivity index (χ0v) is 16.7. The lowest BCUT2D eigenvalue weighted by atomic mass is 10.2. The highest BCUT2D eigenvalue weighted by atomic mass is 32.2. The number of para-hydroxylation sites is 1. The molecule has 27 heavy (non-hydrogen) atoms. The van der Waals surface area contributed by atoms with Crippen LogP contribution >= 0.6 is 0 Å². The highest BCUT2D eigenvalue weighted by molar-refractivity contribution is 7.92. The van der Waals surface area contributed by atoms with Crippen LogP contribution in [0.25, 0.3) is 0 Å². The Balaban J connectivity index is 2.23. The molecule has 146 valence electrons. The first-order valence-corrected chi connectivity index (χ1v) is 10.1. The summed E-state index contributed by atoms with van der Waals surface area (Å²) in [4.78, 5) is 14.0. The maximum absolute atomic E-state index is 12.5. The number of amides is 1. The third-order valence-electron chi connectivity index (χ3n) is 4.10. The van der Waals surface area contributed by atoms with Gasteiger partial charge in [0.15, 0.2) is 0 Å². The van der Waals surface area contributed by atoms with Crippen LogP contribution in [0.4, 0.5) is 11.4 Å². The van der Waals surface area contributed by atoms with E-state index in [0.717, 1.165) is 11.9 Å². The minimum atomic E-state index is -3.61. The molecular weight excluding hydrogens is 368 g/mol. The Labute approximate surface area is 160 Å². The molecule has 0 spiro atoms. The number of sulfonamides is 1. The van der Waals surface area contributed by atoms with Gasteiger partial charge in [0.2, 0.25) is 15.9 Å². The van der Waals surface area contributed by atoms with Crippen LogP contribution in [0.2, 0.25) is 0 Å². The number of hydrogen-bond donors (Lipinski definition) is 0. The molecule has 0 bridgehead atoms. The quantitative estimate of drug-likeness (QED) is 0.690. The molecule has 2 aromatic carbocycles. The number of carbonyl (C=O) groups excluding carboxylic acids is 1. The molecule has 0 saturated heterocycles. The van der Waals surface area contributed by atoms with E-state index in [0.29, 0.717) is 17.2 Å². The van der Waals surface area contributed by atoms with Crippen LogP contribution in [-0.4, -0.2) is 48.4 Å². The number of carbonyl (C=O) groups is 1. The second kappa shape index (κ2) is 8.77. The molecule has 0 aliphatic heterocycles. The van der Waals surface area contributed by atoms with Crippen molar-refractivity contribution in [2.75, 3.05) is 43.3 Å². The molecule has 0 unspecified atom stereocenters. The second-order valence-corrected chi connectivity index (χ2v) is 7.82. The van der Waals surface area contributed by atoms with Crippen molar-refractivity contribution >= 4 is 27.3 Å². The largest absolute Gasteiger partial charge is 0.497 e. The van der Waals surface area contributed by atoms with Crippen LogP contribution in [0.3, 0.4) is 0 Å². The normalized spacial score (nSPS) is 11.0. The highest BCUT2D eigenvalue weighted by Gasteiger charge is 2.23. The van der Waals surface area contributed by atoms with Gasteiger partial charge in [0.25, 0.3) is 0 Å². The summed E-state index contributed by atoms with van der Waals surface area (Å²) in [6, 6.07) is 14.0. The van der Waals surface area contributed by atoms with Gasteiger partial charge in [-0.25, -0.2) is 8.42 Å². The SMILES string of the molecule is COc1ccc(N(CCC(=O)N(C)c2ccccc2)S(C)(=O)=O)c(OC)c1. The van der Waals surface area contributed by atoms with Gasteiger partial charge in [-0.15, -0.1) is 0 Å². The summed E-state index contributed by atoms with van der Waals surface area (Å²) in [5.41, 5.74) is 1.10. The number of ether oxygens (including phenoxy) is 2. The molecule has 0 aromatic heterocycles. The van der Waals surface area contributed by atoms with E-state index >= 15 is 0 Å². The van der Waals surface area contributed by atoms with Crippen LogP contribution in [0.1, 0.15) is 6.42 Å². The molecule has 0 fully saturated rings. The minimum absolute atomic E-state index is 0.00245. The summed E-state index contributed by atoms with van der Waals surface area (Å²) in [5, 5.41) is 0. The number of anilines is 2. The number of benzene rings is 2. The van der Waals surface area contributed by atoms with Crippen LogP contribution in [0, 0.1) is 0 Å². The van der Waals surface area contributed by atoms with Crippen LogP contribution in [0.5, 0.6) is 11.5 Å². The monoisotopic (exact) mass is 392 g/mol. The lowest BCUT2D eigenvalue weighted by molar-refractivity contribution is -0.118. The maximum Gasteiger partial charge on any atom is 0.232 e. The van der Waals surface area contributed by atoms with Crippen molar-refractivity contribution in [2.45, 2.75) is 6.42 Å². The Morgan fingerprint density at radius 1 is 1.04 bits per heavy atom. The van der Waals surface area contributed by atoms with E-state index < -0.39 is 10.0 Å². The van der Waals surface area contributed by atoms with Gasteiger partial charge in [0, 0.05) is 31.8 Å². The van der Waals surface area contributed by atoms with E-state index in [4.69, 9.17) is 9.47 Å². The van der Waals surface area contributed by atoms with Gasteiger partial charge >= 0.3 is 0 Å². The first-order chi connectivity index (χ1) is 12.8. The molecule has 0 saturated carbocycles. The maximum atomic E-state index is 12.5. The van der Waals surface area contributed by atoms with Crippen LogP contribution in [-0.2, 0) is 14.8 Å². The Bertz CT molecular complexity index is 884. The summed E-state index contributed by atoms with van der Waals surface area (Å²) in [7, 11) is 1.01. The number of rotatable bonds is 8. The molecule has 0 N–H and O–H groups in total. The molecule has 7 nitrogen and oxygen atoms in total. The van der Waals surface area contributed by atoms with Gasteiger partial charge in [-0.2, -0.15) is 0 Å². The Morgan fingerprint density at radius 3 is 2.26 bits per heavy atom. The van der Waals surface area contributed by atoms with E-state index in [1.165, 1.54) is 23.4 Å². The van der Waals surface area contributed by atoms with Crippen molar-refractivity contribution < 1.29 is 22.7 Å². The number of methoxy groups -OCH3 is 2. The fourth-order valence-electron chi connectivity index (χ4n) is 2.62. The summed E-state index contributed by atoms with van der Waals surface area (Å²) >= 11 is 0. The van der Waals surface area contributed by atoms with Gasteiger partial charge in [0.05, 0.1) is 26.2 Å². The van der Waals surface area contributed by atoms with E-state index in [1.54, 1.807) is 25.2 Å². The molecule has 0 heterocycles. The fraction of sp³-hybridized carbons (Fsp3) is 0.316. The van der Waals surface area contributed by atoms with E-state index in [9.17, 15) is 13.2 Å². The van der Waals surface area contributed by atoms with Crippen molar-refractivity contribution in [1.29, 1.82) is 0 Å². The van der Waals surface area contributed by atoms with Crippen molar-refractivity contribution in [3.63, 3.8) is 0 Å². The predicted molar refractivity (Wildman–Crippen MR) is 106 cm³/mol. The molecule has 0 atom stereocenters. The van der Waals surface area contributed by atoms with E-state index in [1.807, 2.05) is 30.3 Å². The Morgan fingerprint density at radius 2 is 1.70 bits per heavy atom. The third-order valence-corrected chi connectivity index (χ3v) is 5.28. The second-order valence-electron chi connectivity index (χ2n) is 5.91. The average Bonchev–Trinajstić information content (AvgIpc) is 2.67. The number of hydrogen-bond acceptors (Lipinski definition) is 5. The fourth-order valence-corrected chi connectivity index (χ4v) is 3.55. The molecule has 1 amide bonds.